The lowest BCUT2D eigenvalue weighted by molar-refractivity contribution is -0.143. The number of aliphatic hydroxyl groups is 3. The van der Waals surface area contributed by atoms with Crippen LogP contribution in [0.5, 0.6) is 0 Å². The standard InChI is InChI=1S/C39H69N11O14S/c1-6-20(2)30(38(62)46-24(10-7-8-13-40)35(59)43-22(4)32(56)49-28(19-53)39(63)64)50-37(61)27(18-52)47-31(55)21(3)44-36(60)25(12-15-65-5)45-29(54)16-42-33(57)26(17-51)48-34(58)23-11-9-14-41-23/h20-28,30,41,51-53H,6-19,40H2,1-5H3,(H,42,57)(H,43,59)(H,44,60)(H,45,54)(H,46,62)(H,47,55)(H,48,58)(H,49,56)(H,50,61)(H,63,64)/t20-,21-,22-,23-,24-,25-,26-,27-,28-,30-/m0/s1. The van der Waals surface area contributed by atoms with Crippen molar-refractivity contribution in [1.29, 1.82) is 0 Å². The largest absolute Gasteiger partial charge is 0.480 e. The summed E-state index contributed by atoms with van der Waals surface area (Å²) >= 11 is 1.36. The van der Waals surface area contributed by atoms with Gasteiger partial charge < -0.3 is 79.3 Å². The molecule has 1 rings (SSSR count). The van der Waals surface area contributed by atoms with Crippen LogP contribution in [0.25, 0.3) is 0 Å². The lowest BCUT2D eigenvalue weighted by Crippen LogP contribution is -2.61. The van der Waals surface area contributed by atoms with Crippen LogP contribution in [0.3, 0.4) is 0 Å². The average Bonchev–Trinajstić information content (AvgIpc) is 3.83. The fraction of sp³-hybridized carbons (Fsp3) is 0.744. The van der Waals surface area contributed by atoms with E-state index in [1.807, 2.05) is 0 Å². The highest BCUT2D eigenvalue weighted by atomic mass is 32.2. The molecule has 0 saturated carbocycles. The quantitative estimate of drug-likeness (QED) is 0.0288. The fourth-order valence-corrected chi connectivity index (χ4v) is 6.60. The lowest BCUT2D eigenvalue weighted by Gasteiger charge is -2.29. The number of aliphatic hydroxyl groups excluding tert-OH is 3. The number of nitrogens with one attached hydrogen (secondary N) is 10. The fourth-order valence-electron chi connectivity index (χ4n) is 6.13. The van der Waals surface area contributed by atoms with Gasteiger partial charge in [0.1, 0.15) is 48.3 Å². The van der Waals surface area contributed by atoms with Crippen LogP contribution in [0.1, 0.15) is 72.6 Å². The van der Waals surface area contributed by atoms with Crippen LogP contribution in [0.15, 0.2) is 0 Å². The number of carboxylic acid groups (broad SMARTS) is 1. The number of hydrogen-bond acceptors (Lipinski definition) is 16. The predicted molar refractivity (Wildman–Crippen MR) is 235 cm³/mol. The Hall–Kier alpha value is -5.15. The SMILES string of the molecule is CC[C@H](C)[C@H](NC(=O)[C@H](CO)NC(=O)[C@H](C)NC(=O)[C@H](CCSC)NC(=O)CNC(=O)[C@H](CO)NC(=O)[C@@H]1CCCN1)C(=O)N[C@@H](CCCCN)C(=O)N[C@@H](C)C(=O)N[C@@H](CO)C(=O)O. The summed E-state index contributed by atoms with van der Waals surface area (Å²) in [5.74, 6) is -9.01. The summed E-state index contributed by atoms with van der Waals surface area (Å²) in [7, 11) is 0. The second-order valence-electron chi connectivity index (χ2n) is 15.5. The van der Waals surface area contributed by atoms with Crippen molar-refractivity contribution < 1.29 is 68.4 Å². The molecule has 9 amide bonds. The number of nitrogens with two attached hydrogens (primary N) is 1. The zero-order valence-corrected chi connectivity index (χ0v) is 38.3. The number of aliphatic carboxylic acids is 1. The summed E-state index contributed by atoms with van der Waals surface area (Å²) in [6.07, 6.45) is 4.43. The first-order valence-corrected chi connectivity index (χ1v) is 22.8. The Balaban J connectivity index is 2.98. The molecule has 1 heterocycles. The van der Waals surface area contributed by atoms with Gasteiger partial charge in [-0.05, 0) is 83.4 Å². The van der Waals surface area contributed by atoms with Gasteiger partial charge in [0.15, 0.2) is 0 Å². The van der Waals surface area contributed by atoms with Crippen molar-refractivity contribution in [1.82, 2.24) is 53.2 Å². The van der Waals surface area contributed by atoms with Gasteiger partial charge in [0, 0.05) is 0 Å². The number of rotatable bonds is 31. The first-order chi connectivity index (χ1) is 30.8. The predicted octanol–water partition coefficient (Wildman–Crippen LogP) is -6.24. The monoisotopic (exact) mass is 947 g/mol. The molecule has 25 nitrogen and oxygen atoms in total. The van der Waals surface area contributed by atoms with E-state index in [9.17, 15) is 63.3 Å². The maximum Gasteiger partial charge on any atom is 0.328 e. The third kappa shape index (κ3) is 20.7. The van der Waals surface area contributed by atoms with Gasteiger partial charge in [-0.3, -0.25) is 43.2 Å². The van der Waals surface area contributed by atoms with Crippen molar-refractivity contribution in [2.75, 3.05) is 51.5 Å². The summed E-state index contributed by atoms with van der Waals surface area (Å²) in [5.41, 5.74) is 5.61. The number of unbranched alkanes of at least 4 members (excludes halogenated alkanes) is 1. The van der Waals surface area contributed by atoms with Gasteiger partial charge >= 0.3 is 5.97 Å². The molecule has 16 N–H and O–H groups in total. The van der Waals surface area contributed by atoms with Gasteiger partial charge in [-0.1, -0.05) is 20.3 Å². The molecule has 0 aromatic rings. The minimum absolute atomic E-state index is 0.0560. The third-order valence-corrected chi connectivity index (χ3v) is 11.0. The molecule has 1 saturated heterocycles. The van der Waals surface area contributed by atoms with E-state index in [0.717, 1.165) is 6.42 Å². The molecule has 0 aromatic heterocycles. The Morgan fingerprint density at radius 2 is 1.17 bits per heavy atom. The molecule has 26 heteroatoms. The number of thioether (sulfide) groups is 1. The Bertz CT molecular complexity index is 1620. The summed E-state index contributed by atoms with van der Waals surface area (Å²) in [6, 6.07) is -11.5. The molecule has 0 spiro atoms. The van der Waals surface area contributed by atoms with Gasteiger partial charge in [-0.2, -0.15) is 11.8 Å². The van der Waals surface area contributed by atoms with E-state index in [0.29, 0.717) is 38.0 Å². The van der Waals surface area contributed by atoms with Crippen LogP contribution in [-0.4, -0.2) is 185 Å². The van der Waals surface area contributed by atoms with Crippen molar-refractivity contribution in [3.63, 3.8) is 0 Å². The van der Waals surface area contributed by atoms with Crippen LogP contribution in [0, 0.1) is 5.92 Å². The number of hydrogen-bond donors (Lipinski definition) is 15. The van der Waals surface area contributed by atoms with E-state index in [1.165, 1.54) is 25.6 Å². The molecule has 0 unspecified atom stereocenters. The molecule has 0 radical (unpaired) electrons. The Labute approximate surface area is 381 Å². The number of amides is 9. The topological polar surface area (TPSA) is 398 Å². The van der Waals surface area contributed by atoms with E-state index >= 15 is 0 Å². The van der Waals surface area contributed by atoms with Crippen molar-refractivity contribution in [3.8, 4) is 0 Å². The van der Waals surface area contributed by atoms with Crippen molar-refractivity contribution >= 4 is 70.9 Å². The third-order valence-electron chi connectivity index (χ3n) is 10.4. The minimum atomic E-state index is -1.63. The van der Waals surface area contributed by atoms with Crippen LogP contribution in [0.4, 0.5) is 0 Å². The van der Waals surface area contributed by atoms with Crippen molar-refractivity contribution in [3.05, 3.63) is 0 Å². The Morgan fingerprint density at radius 1 is 0.646 bits per heavy atom. The smallest absolute Gasteiger partial charge is 0.328 e. The molecule has 65 heavy (non-hydrogen) atoms. The van der Waals surface area contributed by atoms with E-state index in [4.69, 9.17) is 10.8 Å². The maximum atomic E-state index is 13.7. The number of carbonyl (C=O) groups excluding carboxylic acids is 9. The van der Waals surface area contributed by atoms with Crippen LogP contribution >= 0.6 is 11.8 Å². The van der Waals surface area contributed by atoms with Crippen LogP contribution in [-0.2, 0) is 47.9 Å². The van der Waals surface area contributed by atoms with Gasteiger partial charge in [0.2, 0.25) is 53.2 Å². The Morgan fingerprint density at radius 3 is 1.66 bits per heavy atom. The summed E-state index contributed by atoms with van der Waals surface area (Å²) in [5, 5.41) is 62.7. The van der Waals surface area contributed by atoms with E-state index in [1.54, 1.807) is 20.1 Å². The number of carboxylic acids is 1. The van der Waals surface area contributed by atoms with E-state index in [2.05, 4.69) is 53.2 Å². The summed E-state index contributed by atoms with van der Waals surface area (Å²) in [4.78, 5) is 129. The van der Waals surface area contributed by atoms with Gasteiger partial charge in [0.25, 0.3) is 0 Å². The second-order valence-corrected chi connectivity index (χ2v) is 16.5. The van der Waals surface area contributed by atoms with E-state index in [-0.39, 0.29) is 19.4 Å². The van der Waals surface area contributed by atoms with E-state index < -0.39 is 146 Å². The van der Waals surface area contributed by atoms with Crippen LogP contribution in [0.2, 0.25) is 0 Å². The first kappa shape index (κ1) is 57.9. The van der Waals surface area contributed by atoms with Gasteiger partial charge in [0.05, 0.1) is 32.4 Å². The molecular weight excluding hydrogens is 879 g/mol. The molecule has 0 bridgehead atoms. The zero-order valence-electron chi connectivity index (χ0n) is 37.5. The molecule has 370 valence electrons. The average molecular weight is 948 g/mol. The highest BCUT2D eigenvalue weighted by Gasteiger charge is 2.34. The lowest BCUT2D eigenvalue weighted by atomic mass is 9.97. The van der Waals surface area contributed by atoms with Crippen molar-refractivity contribution in [2.24, 2.45) is 11.7 Å². The molecule has 10 atom stereocenters. The van der Waals surface area contributed by atoms with Crippen LogP contribution < -0.4 is 58.9 Å². The maximum absolute atomic E-state index is 13.7. The molecule has 0 aromatic carbocycles. The zero-order chi connectivity index (χ0) is 49.2. The molecule has 1 aliphatic rings. The number of carbonyl (C=O) groups is 10. The van der Waals surface area contributed by atoms with Gasteiger partial charge in [-0.25, -0.2) is 4.79 Å². The molecule has 0 aliphatic carbocycles. The summed E-state index contributed by atoms with van der Waals surface area (Å²) in [6.45, 7) is 3.63. The highest BCUT2D eigenvalue weighted by molar-refractivity contribution is 7.98. The molecule has 1 aliphatic heterocycles. The first-order valence-electron chi connectivity index (χ1n) is 21.5. The van der Waals surface area contributed by atoms with Crippen molar-refractivity contribution in [2.45, 2.75) is 127 Å². The normalized spacial score (nSPS) is 17.5. The summed E-state index contributed by atoms with van der Waals surface area (Å²) < 4.78 is 0. The Kier molecular flexibility index (Phi) is 27.5. The molecular formula is C39H69N11O14S. The molecule has 1 fully saturated rings. The minimum Gasteiger partial charge on any atom is -0.480 e. The second kappa shape index (κ2) is 30.9. The highest BCUT2D eigenvalue weighted by Crippen LogP contribution is 2.11. The van der Waals surface area contributed by atoms with Gasteiger partial charge in [-0.15, -0.1) is 0 Å².